The van der Waals surface area contributed by atoms with Gasteiger partial charge in [-0.1, -0.05) is 12.1 Å². The molecule has 1 atom stereocenters. The number of alkyl halides is 2. The molecule has 1 aliphatic rings. The van der Waals surface area contributed by atoms with Gasteiger partial charge in [0.05, 0.1) is 18.2 Å². The number of halogens is 2. The van der Waals surface area contributed by atoms with Gasteiger partial charge in [0.15, 0.2) is 5.11 Å². The Hall–Kier alpha value is -2.26. The Morgan fingerprint density at radius 3 is 2.56 bits per heavy atom. The smallest absolute Gasteiger partial charge is 0.387 e. The lowest BCUT2D eigenvalue weighted by molar-refractivity contribution is -0.140. The standard InChI is InChI=1S/C16H18F2N2O4S/c1-9-12(14(21)23-8-7-22-2)13(20-16(25)19-9)10-3-5-11(6-4-10)24-15(17)18/h3-6,13,15H,7-8H2,1-2H3,(H2,19,20,25)/t13-/m1/s1. The number of hydrogen-bond acceptors (Lipinski definition) is 5. The molecule has 2 rings (SSSR count). The molecule has 9 heteroatoms. The molecule has 0 saturated carbocycles. The van der Waals surface area contributed by atoms with Crippen molar-refractivity contribution in [2.45, 2.75) is 19.6 Å². The lowest BCUT2D eigenvalue weighted by atomic mass is 9.95. The summed E-state index contributed by atoms with van der Waals surface area (Å²) in [6.07, 6.45) is 0. The number of esters is 1. The van der Waals surface area contributed by atoms with Gasteiger partial charge in [-0.3, -0.25) is 0 Å². The van der Waals surface area contributed by atoms with Crippen LogP contribution in [0.25, 0.3) is 0 Å². The zero-order valence-corrected chi connectivity index (χ0v) is 14.5. The number of methoxy groups -OCH3 is 1. The van der Waals surface area contributed by atoms with Crippen LogP contribution in [0.4, 0.5) is 8.78 Å². The van der Waals surface area contributed by atoms with Crippen molar-refractivity contribution in [3.63, 3.8) is 0 Å². The number of hydrogen-bond donors (Lipinski definition) is 2. The Labute approximate surface area is 149 Å². The third-order valence-corrected chi connectivity index (χ3v) is 3.67. The van der Waals surface area contributed by atoms with Gasteiger partial charge >= 0.3 is 12.6 Å². The van der Waals surface area contributed by atoms with E-state index < -0.39 is 18.6 Å². The van der Waals surface area contributed by atoms with E-state index in [0.717, 1.165) is 0 Å². The summed E-state index contributed by atoms with van der Waals surface area (Å²) >= 11 is 5.14. The van der Waals surface area contributed by atoms with Crippen LogP contribution in [0.15, 0.2) is 35.5 Å². The van der Waals surface area contributed by atoms with E-state index in [4.69, 9.17) is 21.7 Å². The molecule has 1 aromatic carbocycles. The van der Waals surface area contributed by atoms with Crippen LogP contribution in [0.1, 0.15) is 18.5 Å². The quantitative estimate of drug-likeness (QED) is 0.432. The van der Waals surface area contributed by atoms with Crippen LogP contribution in [0.2, 0.25) is 0 Å². The fourth-order valence-electron chi connectivity index (χ4n) is 2.35. The molecule has 25 heavy (non-hydrogen) atoms. The molecule has 0 unspecified atom stereocenters. The van der Waals surface area contributed by atoms with Crippen LogP contribution in [0.5, 0.6) is 5.75 Å². The molecule has 2 N–H and O–H groups in total. The van der Waals surface area contributed by atoms with E-state index in [-0.39, 0.29) is 19.0 Å². The Kier molecular flexibility index (Phi) is 6.65. The Balaban J connectivity index is 2.24. The zero-order chi connectivity index (χ0) is 18.4. The van der Waals surface area contributed by atoms with Crippen LogP contribution >= 0.6 is 12.2 Å². The topological polar surface area (TPSA) is 68.8 Å². The van der Waals surface area contributed by atoms with Crippen molar-refractivity contribution in [1.82, 2.24) is 10.6 Å². The number of thiocarbonyl (C=S) groups is 1. The highest BCUT2D eigenvalue weighted by Gasteiger charge is 2.31. The molecule has 0 aliphatic carbocycles. The van der Waals surface area contributed by atoms with Crippen LogP contribution in [0, 0.1) is 0 Å². The van der Waals surface area contributed by atoms with Crippen molar-refractivity contribution in [3.8, 4) is 5.75 Å². The van der Waals surface area contributed by atoms with Crippen molar-refractivity contribution >= 4 is 23.3 Å². The Morgan fingerprint density at radius 2 is 1.96 bits per heavy atom. The molecule has 0 saturated heterocycles. The zero-order valence-electron chi connectivity index (χ0n) is 13.7. The van der Waals surface area contributed by atoms with Crippen LogP contribution in [0.3, 0.4) is 0 Å². The molecule has 1 heterocycles. The van der Waals surface area contributed by atoms with Crippen molar-refractivity contribution in [2.75, 3.05) is 20.3 Å². The molecule has 0 fully saturated rings. The van der Waals surface area contributed by atoms with E-state index in [1.165, 1.54) is 19.2 Å². The van der Waals surface area contributed by atoms with E-state index in [9.17, 15) is 13.6 Å². The van der Waals surface area contributed by atoms with Gasteiger partial charge in [0.25, 0.3) is 0 Å². The van der Waals surface area contributed by atoms with E-state index >= 15 is 0 Å². The molecule has 0 amide bonds. The molecule has 0 spiro atoms. The van der Waals surface area contributed by atoms with Gasteiger partial charge in [-0.05, 0) is 36.8 Å². The monoisotopic (exact) mass is 372 g/mol. The summed E-state index contributed by atoms with van der Waals surface area (Å²) in [5.74, 6) is -0.491. The summed E-state index contributed by atoms with van der Waals surface area (Å²) in [6, 6.07) is 5.40. The minimum atomic E-state index is -2.90. The first-order valence-corrected chi connectivity index (χ1v) is 7.82. The highest BCUT2D eigenvalue weighted by molar-refractivity contribution is 7.80. The maximum Gasteiger partial charge on any atom is 0.387 e. The molecular formula is C16H18F2N2O4S. The Bertz CT molecular complexity index is 665. The predicted octanol–water partition coefficient (Wildman–Crippen LogP) is 2.27. The second-order valence-corrected chi connectivity index (χ2v) is 5.55. The third-order valence-electron chi connectivity index (χ3n) is 3.45. The van der Waals surface area contributed by atoms with Gasteiger partial charge in [0.1, 0.15) is 12.4 Å². The molecule has 0 bridgehead atoms. The number of nitrogens with one attached hydrogen (secondary N) is 2. The summed E-state index contributed by atoms with van der Waals surface area (Å²) in [4.78, 5) is 12.4. The second kappa shape index (κ2) is 8.72. The van der Waals surface area contributed by atoms with Crippen LogP contribution in [-0.4, -0.2) is 38.0 Å². The molecule has 1 aliphatic heterocycles. The lowest BCUT2D eigenvalue weighted by Crippen LogP contribution is -2.45. The molecule has 6 nitrogen and oxygen atoms in total. The number of carbonyl (C=O) groups excluding carboxylic acids is 1. The number of carbonyl (C=O) groups is 1. The summed E-state index contributed by atoms with van der Waals surface area (Å²) in [5.41, 5.74) is 1.57. The summed E-state index contributed by atoms with van der Waals surface area (Å²) < 4.78 is 38.9. The van der Waals surface area contributed by atoms with E-state index in [1.807, 2.05) is 0 Å². The van der Waals surface area contributed by atoms with Gasteiger partial charge in [-0.25, -0.2) is 4.79 Å². The van der Waals surface area contributed by atoms with Crippen molar-refractivity contribution in [1.29, 1.82) is 0 Å². The van der Waals surface area contributed by atoms with E-state index in [2.05, 4.69) is 15.4 Å². The van der Waals surface area contributed by atoms with Gasteiger partial charge in [-0.2, -0.15) is 8.78 Å². The van der Waals surface area contributed by atoms with Gasteiger partial charge in [-0.15, -0.1) is 0 Å². The number of benzene rings is 1. The van der Waals surface area contributed by atoms with E-state index in [1.54, 1.807) is 19.1 Å². The lowest BCUT2D eigenvalue weighted by Gasteiger charge is -2.30. The fourth-order valence-corrected chi connectivity index (χ4v) is 2.62. The SMILES string of the molecule is COCCOC(=O)C1=C(C)NC(=S)N[C@@H]1c1ccc(OC(F)F)cc1. The third kappa shape index (κ3) is 5.10. The number of rotatable bonds is 7. The number of ether oxygens (including phenoxy) is 3. The molecule has 1 aromatic rings. The van der Waals surface area contributed by atoms with Crippen molar-refractivity contribution in [2.24, 2.45) is 0 Å². The van der Waals surface area contributed by atoms with Crippen molar-refractivity contribution in [3.05, 3.63) is 41.1 Å². The van der Waals surface area contributed by atoms with Gasteiger partial charge in [0, 0.05) is 12.8 Å². The van der Waals surface area contributed by atoms with Crippen LogP contribution < -0.4 is 15.4 Å². The average molecular weight is 372 g/mol. The molecule has 136 valence electrons. The largest absolute Gasteiger partial charge is 0.460 e. The summed E-state index contributed by atoms with van der Waals surface area (Å²) in [6.45, 7) is -0.795. The van der Waals surface area contributed by atoms with Crippen molar-refractivity contribution < 1.29 is 27.8 Å². The predicted molar refractivity (Wildman–Crippen MR) is 90.2 cm³/mol. The van der Waals surface area contributed by atoms with Gasteiger partial charge < -0.3 is 24.8 Å². The minimum absolute atomic E-state index is 0.0279. The first-order chi connectivity index (χ1) is 11.9. The minimum Gasteiger partial charge on any atom is -0.460 e. The Morgan fingerprint density at radius 1 is 1.28 bits per heavy atom. The first kappa shape index (κ1) is 19.1. The van der Waals surface area contributed by atoms with Crippen LogP contribution in [-0.2, 0) is 14.3 Å². The fraction of sp³-hybridized carbons (Fsp3) is 0.375. The highest BCUT2D eigenvalue weighted by Crippen LogP contribution is 2.29. The number of allylic oxidation sites excluding steroid dienone is 1. The van der Waals surface area contributed by atoms with Gasteiger partial charge in [0.2, 0.25) is 0 Å². The second-order valence-electron chi connectivity index (χ2n) is 5.15. The average Bonchev–Trinajstić information content (AvgIpc) is 2.54. The summed E-state index contributed by atoms with van der Waals surface area (Å²) in [7, 11) is 1.51. The molecule has 0 aromatic heterocycles. The maximum atomic E-state index is 12.4. The molecule has 0 radical (unpaired) electrons. The summed E-state index contributed by atoms with van der Waals surface area (Å²) in [5, 5.41) is 6.22. The normalized spacial score (nSPS) is 17.2. The maximum absolute atomic E-state index is 12.4. The molecular weight excluding hydrogens is 354 g/mol. The first-order valence-electron chi connectivity index (χ1n) is 7.41. The van der Waals surface area contributed by atoms with E-state index in [0.29, 0.717) is 21.9 Å². The highest BCUT2D eigenvalue weighted by atomic mass is 32.1.